The predicted octanol–water partition coefficient (Wildman–Crippen LogP) is -0.208. The Kier molecular flexibility index (Phi) is 4.08. The lowest BCUT2D eigenvalue weighted by Gasteiger charge is -2.15. The van der Waals surface area contributed by atoms with Crippen molar-refractivity contribution in [1.82, 2.24) is 5.32 Å². The average Bonchev–Trinajstić information content (AvgIpc) is 2.63. The van der Waals surface area contributed by atoms with Crippen LogP contribution >= 0.6 is 0 Å². The van der Waals surface area contributed by atoms with E-state index in [-0.39, 0.29) is 17.9 Å². The van der Waals surface area contributed by atoms with Gasteiger partial charge in [0.25, 0.3) is 0 Å². The molecule has 1 amide bonds. The third-order valence-corrected chi connectivity index (χ3v) is 2.76. The number of esters is 1. The SMILES string of the molecule is COC(=O)C(C)NC(=O)C1CCC(N)C1. The van der Waals surface area contributed by atoms with Gasteiger partial charge in [0.1, 0.15) is 6.04 Å². The van der Waals surface area contributed by atoms with Crippen molar-refractivity contribution in [2.24, 2.45) is 11.7 Å². The highest BCUT2D eigenvalue weighted by molar-refractivity contribution is 5.85. The Morgan fingerprint density at radius 1 is 1.47 bits per heavy atom. The second-order valence-electron chi connectivity index (χ2n) is 4.02. The van der Waals surface area contributed by atoms with Gasteiger partial charge in [0.05, 0.1) is 7.11 Å². The molecule has 0 aromatic rings. The molecule has 0 heterocycles. The highest BCUT2D eigenvalue weighted by atomic mass is 16.5. The van der Waals surface area contributed by atoms with Crippen LogP contribution in [0.2, 0.25) is 0 Å². The molecule has 3 atom stereocenters. The van der Waals surface area contributed by atoms with Gasteiger partial charge in [-0.3, -0.25) is 4.79 Å². The van der Waals surface area contributed by atoms with E-state index in [1.165, 1.54) is 7.11 Å². The summed E-state index contributed by atoms with van der Waals surface area (Å²) in [5.41, 5.74) is 5.71. The summed E-state index contributed by atoms with van der Waals surface area (Å²) in [5.74, 6) is -0.571. The zero-order chi connectivity index (χ0) is 11.4. The van der Waals surface area contributed by atoms with Crippen LogP contribution in [0.25, 0.3) is 0 Å². The normalized spacial score (nSPS) is 27.1. The number of methoxy groups -OCH3 is 1. The summed E-state index contributed by atoms with van der Waals surface area (Å²) >= 11 is 0. The summed E-state index contributed by atoms with van der Waals surface area (Å²) in [4.78, 5) is 22.7. The van der Waals surface area contributed by atoms with Crippen LogP contribution in [-0.2, 0) is 14.3 Å². The number of carbonyl (C=O) groups is 2. The molecular formula is C10H18N2O3. The van der Waals surface area contributed by atoms with E-state index in [9.17, 15) is 9.59 Å². The van der Waals surface area contributed by atoms with Crippen molar-refractivity contribution < 1.29 is 14.3 Å². The molecule has 0 radical (unpaired) electrons. The van der Waals surface area contributed by atoms with Crippen molar-refractivity contribution in [2.45, 2.75) is 38.3 Å². The molecule has 0 aromatic carbocycles. The van der Waals surface area contributed by atoms with Crippen LogP contribution in [-0.4, -0.2) is 31.1 Å². The van der Waals surface area contributed by atoms with Crippen LogP contribution in [0.5, 0.6) is 0 Å². The summed E-state index contributed by atoms with van der Waals surface area (Å²) < 4.78 is 4.52. The van der Waals surface area contributed by atoms with Crippen LogP contribution in [0.3, 0.4) is 0 Å². The van der Waals surface area contributed by atoms with Crippen LogP contribution in [0.1, 0.15) is 26.2 Å². The first-order chi connectivity index (χ1) is 7.04. The highest BCUT2D eigenvalue weighted by Crippen LogP contribution is 2.24. The average molecular weight is 214 g/mol. The summed E-state index contributed by atoms with van der Waals surface area (Å²) in [6.45, 7) is 1.61. The maximum atomic E-state index is 11.6. The lowest BCUT2D eigenvalue weighted by Crippen LogP contribution is -2.42. The quantitative estimate of drug-likeness (QED) is 0.637. The summed E-state index contributed by atoms with van der Waals surface area (Å²) in [7, 11) is 1.30. The third-order valence-electron chi connectivity index (χ3n) is 2.76. The zero-order valence-corrected chi connectivity index (χ0v) is 9.16. The largest absolute Gasteiger partial charge is 0.467 e. The molecular weight excluding hydrogens is 196 g/mol. The van der Waals surface area contributed by atoms with E-state index in [0.29, 0.717) is 6.42 Å². The van der Waals surface area contributed by atoms with E-state index in [4.69, 9.17) is 5.73 Å². The van der Waals surface area contributed by atoms with Crippen molar-refractivity contribution in [3.05, 3.63) is 0 Å². The van der Waals surface area contributed by atoms with Crippen LogP contribution in [0, 0.1) is 5.92 Å². The topological polar surface area (TPSA) is 81.4 Å². The Morgan fingerprint density at radius 2 is 2.13 bits per heavy atom. The molecule has 0 aliphatic heterocycles. The molecule has 3 N–H and O–H groups in total. The number of hydrogen-bond donors (Lipinski definition) is 2. The van der Waals surface area contributed by atoms with Gasteiger partial charge in [-0.1, -0.05) is 0 Å². The molecule has 1 aliphatic carbocycles. The lowest BCUT2D eigenvalue weighted by molar-refractivity contribution is -0.145. The van der Waals surface area contributed by atoms with E-state index >= 15 is 0 Å². The number of ether oxygens (including phenoxy) is 1. The van der Waals surface area contributed by atoms with E-state index in [0.717, 1.165) is 12.8 Å². The van der Waals surface area contributed by atoms with Gasteiger partial charge in [0.15, 0.2) is 0 Å². The van der Waals surface area contributed by atoms with E-state index in [1.807, 2.05) is 0 Å². The van der Waals surface area contributed by atoms with E-state index in [1.54, 1.807) is 6.92 Å². The number of amides is 1. The van der Waals surface area contributed by atoms with Crippen molar-refractivity contribution in [1.29, 1.82) is 0 Å². The monoisotopic (exact) mass is 214 g/mol. The molecule has 0 saturated heterocycles. The number of nitrogens with two attached hydrogens (primary N) is 1. The molecule has 1 rings (SSSR count). The van der Waals surface area contributed by atoms with E-state index in [2.05, 4.69) is 10.1 Å². The zero-order valence-electron chi connectivity index (χ0n) is 9.16. The lowest BCUT2D eigenvalue weighted by atomic mass is 10.1. The van der Waals surface area contributed by atoms with E-state index < -0.39 is 12.0 Å². The first-order valence-corrected chi connectivity index (χ1v) is 5.18. The number of rotatable bonds is 3. The minimum absolute atomic E-state index is 0.0490. The first-order valence-electron chi connectivity index (χ1n) is 5.18. The summed E-state index contributed by atoms with van der Waals surface area (Å²) in [5, 5.41) is 2.62. The maximum absolute atomic E-state index is 11.6. The molecule has 0 bridgehead atoms. The van der Waals surface area contributed by atoms with Crippen molar-refractivity contribution in [3.8, 4) is 0 Å². The smallest absolute Gasteiger partial charge is 0.328 e. The molecule has 5 nitrogen and oxygen atoms in total. The predicted molar refractivity (Wildman–Crippen MR) is 54.9 cm³/mol. The van der Waals surface area contributed by atoms with Gasteiger partial charge in [0.2, 0.25) is 5.91 Å². The van der Waals surface area contributed by atoms with Gasteiger partial charge in [0, 0.05) is 12.0 Å². The fourth-order valence-corrected chi connectivity index (χ4v) is 1.82. The molecule has 5 heteroatoms. The Hall–Kier alpha value is -1.10. The minimum atomic E-state index is -0.584. The van der Waals surface area contributed by atoms with Crippen LogP contribution in [0.4, 0.5) is 0 Å². The molecule has 0 aromatic heterocycles. The minimum Gasteiger partial charge on any atom is -0.467 e. The number of nitrogens with one attached hydrogen (secondary N) is 1. The molecule has 15 heavy (non-hydrogen) atoms. The fourth-order valence-electron chi connectivity index (χ4n) is 1.82. The van der Waals surface area contributed by atoms with Crippen molar-refractivity contribution in [3.63, 3.8) is 0 Å². The molecule has 3 unspecified atom stereocenters. The Labute approximate surface area is 89.3 Å². The van der Waals surface area contributed by atoms with Gasteiger partial charge < -0.3 is 15.8 Å². The van der Waals surface area contributed by atoms with Gasteiger partial charge in [-0.2, -0.15) is 0 Å². The number of hydrogen-bond acceptors (Lipinski definition) is 4. The van der Waals surface area contributed by atoms with Gasteiger partial charge in [-0.25, -0.2) is 4.79 Å². The van der Waals surface area contributed by atoms with Gasteiger partial charge in [-0.15, -0.1) is 0 Å². The molecule has 0 spiro atoms. The molecule has 1 aliphatic rings. The summed E-state index contributed by atoms with van der Waals surface area (Å²) in [6, 6.07) is -0.464. The van der Waals surface area contributed by atoms with Crippen molar-refractivity contribution in [2.75, 3.05) is 7.11 Å². The first kappa shape index (κ1) is 12.0. The molecule has 86 valence electrons. The van der Waals surface area contributed by atoms with Gasteiger partial charge >= 0.3 is 5.97 Å². The molecule has 1 fully saturated rings. The standard InChI is InChI=1S/C10H18N2O3/c1-6(10(14)15-2)12-9(13)7-3-4-8(11)5-7/h6-8H,3-5,11H2,1-2H3,(H,12,13). The number of carbonyl (C=O) groups excluding carboxylic acids is 2. The van der Waals surface area contributed by atoms with Gasteiger partial charge in [-0.05, 0) is 26.2 Å². The Morgan fingerprint density at radius 3 is 2.60 bits per heavy atom. The van der Waals surface area contributed by atoms with Crippen LogP contribution in [0.15, 0.2) is 0 Å². The fraction of sp³-hybridized carbons (Fsp3) is 0.800. The van der Waals surface area contributed by atoms with Crippen LogP contribution < -0.4 is 11.1 Å². The summed E-state index contributed by atoms with van der Waals surface area (Å²) in [6.07, 6.45) is 2.39. The second kappa shape index (κ2) is 5.11. The maximum Gasteiger partial charge on any atom is 0.328 e. The second-order valence-corrected chi connectivity index (χ2v) is 4.02. The third kappa shape index (κ3) is 3.20. The Balaban J connectivity index is 2.38. The van der Waals surface area contributed by atoms with Crippen molar-refractivity contribution >= 4 is 11.9 Å². The molecule has 1 saturated carbocycles. The highest BCUT2D eigenvalue weighted by Gasteiger charge is 2.29. The Bertz CT molecular complexity index is 255.